The molecular formula is C30H36N2O6. The Kier molecular flexibility index (Phi) is 8.49. The van der Waals surface area contributed by atoms with E-state index in [4.69, 9.17) is 9.47 Å². The van der Waals surface area contributed by atoms with E-state index in [-0.39, 0.29) is 37.9 Å². The van der Waals surface area contributed by atoms with Gasteiger partial charge in [0, 0.05) is 0 Å². The minimum atomic E-state index is -0.904. The maximum absolute atomic E-state index is 14.3. The molecule has 202 valence electrons. The molecule has 2 aliphatic rings. The van der Waals surface area contributed by atoms with Gasteiger partial charge in [0.15, 0.2) is 0 Å². The van der Waals surface area contributed by atoms with Gasteiger partial charge in [0.05, 0.1) is 23.9 Å². The number of benzene rings is 2. The van der Waals surface area contributed by atoms with E-state index in [1.807, 2.05) is 88.4 Å². The van der Waals surface area contributed by atoms with E-state index in [0.717, 1.165) is 11.1 Å². The normalized spacial score (nSPS) is 21.0. The number of rotatable bonds is 9. The molecule has 0 bridgehead atoms. The lowest BCUT2D eigenvalue weighted by Gasteiger charge is -2.33. The van der Waals surface area contributed by atoms with Crippen LogP contribution in [0.1, 0.15) is 38.8 Å². The Bertz CT molecular complexity index is 1060. The summed E-state index contributed by atoms with van der Waals surface area (Å²) >= 11 is 0. The molecule has 0 unspecified atom stereocenters. The first-order valence-electron chi connectivity index (χ1n) is 13.3. The van der Waals surface area contributed by atoms with Gasteiger partial charge in [0.1, 0.15) is 13.2 Å². The third-order valence-corrected chi connectivity index (χ3v) is 7.54. The van der Waals surface area contributed by atoms with Gasteiger partial charge >= 0.3 is 12.2 Å². The monoisotopic (exact) mass is 520 g/mol. The van der Waals surface area contributed by atoms with Gasteiger partial charge in [-0.05, 0) is 35.8 Å². The molecule has 4 amide bonds. The van der Waals surface area contributed by atoms with E-state index in [2.05, 4.69) is 0 Å². The molecule has 2 aromatic carbocycles. The van der Waals surface area contributed by atoms with Crippen molar-refractivity contribution >= 4 is 24.0 Å². The number of carbonyl (C=O) groups excluding carboxylic acids is 4. The zero-order valence-electron chi connectivity index (χ0n) is 22.4. The molecule has 38 heavy (non-hydrogen) atoms. The maximum atomic E-state index is 14.3. The average Bonchev–Trinajstić information content (AvgIpc) is 3.49. The molecule has 4 rings (SSSR count). The maximum Gasteiger partial charge on any atom is 0.416 e. The van der Waals surface area contributed by atoms with Crippen LogP contribution in [-0.2, 0) is 31.9 Å². The van der Waals surface area contributed by atoms with E-state index >= 15 is 0 Å². The van der Waals surface area contributed by atoms with Crippen LogP contribution in [0.5, 0.6) is 0 Å². The largest absolute Gasteiger partial charge is 0.447 e. The molecule has 0 saturated carbocycles. The fraction of sp³-hybridized carbons (Fsp3) is 0.467. The quantitative estimate of drug-likeness (QED) is 0.475. The molecule has 2 aromatic rings. The van der Waals surface area contributed by atoms with Crippen LogP contribution in [0.2, 0.25) is 0 Å². The zero-order valence-corrected chi connectivity index (χ0v) is 22.4. The number of amides is 4. The highest BCUT2D eigenvalue weighted by molar-refractivity contribution is 6.00. The summed E-state index contributed by atoms with van der Waals surface area (Å²) < 4.78 is 10.6. The van der Waals surface area contributed by atoms with E-state index in [1.54, 1.807) is 0 Å². The van der Waals surface area contributed by atoms with E-state index in [9.17, 15) is 19.2 Å². The summed E-state index contributed by atoms with van der Waals surface area (Å²) in [6.07, 6.45) is -0.934. The Balaban J connectivity index is 1.79. The minimum Gasteiger partial charge on any atom is -0.447 e. The van der Waals surface area contributed by atoms with Crippen molar-refractivity contribution in [3.05, 3.63) is 71.8 Å². The third kappa shape index (κ3) is 5.74. The standard InChI is InChI=1S/C30H36N2O6/c1-19(2)25-17-37-29(35)31(25)27(33)23(15-21-11-7-5-8-12-21)24(16-22-13-9-6-10-14-22)28(34)32-26(20(3)4)18-38-30(32)36/h5-14,19-20,23-26H,15-18H2,1-4H3/t23-,24+,25-,26-/m1/s1. The van der Waals surface area contributed by atoms with Crippen LogP contribution in [0.25, 0.3) is 0 Å². The van der Waals surface area contributed by atoms with Crippen molar-refractivity contribution < 1.29 is 28.7 Å². The Labute approximate surface area is 223 Å². The first kappa shape index (κ1) is 27.4. The van der Waals surface area contributed by atoms with Gasteiger partial charge in [-0.25, -0.2) is 19.4 Å². The zero-order chi connectivity index (χ0) is 27.4. The summed E-state index contributed by atoms with van der Waals surface area (Å²) in [7, 11) is 0. The van der Waals surface area contributed by atoms with Crippen LogP contribution in [-0.4, -0.2) is 59.1 Å². The van der Waals surface area contributed by atoms with Crippen LogP contribution >= 0.6 is 0 Å². The van der Waals surface area contributed by atoms with Gasteiger partial charge in [-0.2, -0.15) is 0 Å². The van der Waals surface area contributed by atoms with Crippen LogP contribution in [0, 0.1) is 23.7 Å². The summed E-state index contributed by atoms with van der Waals surface area (Å²) in [5, 5.41) is 0. The average molecular weight is 521 g/mol. The molecule has 2 heterocycles. The number of hydrogen-bond acceptors (Lipinski definition) is 6. The van der Waals surface area contributed by atoms with Crippen LogP contribution in [0.15, 0.2) is 60.7 Å². The first-order chi connectivity index (χ1) is 18.2. The smallest absolute Gasteiger partial charge is 0.416 e. The fourth-order valence-electron chi connectivity index (χ4n) is 5.26. The molecule has 8 nitrogen and oxygen atoms in total. The first-order valence-corrected chi connectivity index (χ1v) is 13.3. The third-order valence-electron chi connectivity index (χ3n) is 7.54. The summed E-state index contributed by atoms with van der Waals surface area (Å²) in [5.74, 6) is -2.78. The Hall–Kier alpha value is -3.68. The summed E-state index contributed by atoms with van der Waals surface area (Å²) in [6.45, 7) is 7.95. The summed E-state index contributed by atoms with van der Waals surface area (Å²) in [6, 6.07) is 18.0. The number of imide groups is 2. The second kappa shape index (κ2) is 11.8. The Morgan fingerprint density at radius 2 is 1.03 bits per heavy atom. The van der Waals surface area contributed by atoms with Crippen molar-refractivity contribution in [2.45, 2.75) is 52.6 Å². The SMILES string of the molecule is CC(C)[C@H]1COC(=O)N1C(=O)[C@@H](Cc1ccccc1)[C@@H](Cc1ccccc1)C(=O)N1C(=O)OC[C@@H]1C(C)C. The summed E-state index contributed by atoms with van der Waals surface area (Å²) in [4.78, 5) is 56.5. The van der Waals surface area contributed by atoms with Crippen molar-refractivity contribution in [3.8, 4) is 0 Å². The second-order valence-electron chi connectivity index (χ2n) is 10.8. The van der Waals surface area contributed by atoms with Gasteiger partial charge in [-0.15, -0.1) is 0 Å². The fourth-order valence-corrected chi connectivity index (χ4v) is 5.26. The van der Waals surface area contributed by atoms with Crippen LogP contribution in [0.3, 0.4) is 0 Å². The van der Waals surface area contributed by atoms with E-state index < -0.39 is 47.9 Å². The highest BCUT2D eigenvalue weighted by Gasteiger charge is 2.49. The van der Waals surface area contributed by atoms with Crippen molar-refractivity contribution in [3.63, 3.8) is 0 Å². The number of hydrogen-bond donors (Lipinski definition) is 0. The van der Waals surface area contributed by atoms with Crippen LogP contribution in [0.4, 0.5) is 9.59 Å². The van der Waals surface area contributed by atoms with Crippen molar-refractivity contribution in [2.24, 2.45) is 23.7 Å². The van der Waals surface area contributed by atoms with Gasteiger partial charge in [0.2, 0.25) is 11.8 Å². The highest BCUT2D eigenvalue weighted by Crippen LogP contribution is 2.32. The Morgan fingerprint density at radius 3 is 1.34 bits per heavy atom. The second-order valence-corrected chi connectivity index (χ2v) is 10.8. The molecule has 0 radical (unpaired) electrons. The van der Waals surface area contributed by atoms with Crippen molar-refractivity contribution in [2.75, 3.05) is 13.2 Å². The lowest BCUT2D eigenvalue weighted by atomic mass is 9.80. The number of cyclic esters (lactones) is 2. The molecule has 2 fully saturated rings. The molecular weight excluding hydrogens is 484 g/mol. The molecule has 0 aromatic heterocycles. The molecule has 0 aliphatic carbocycles. The molecule has 4 atom stereocenters. The molecule has 0 spiro atoms. The highest BCUT2D eigenvalue weighted by atomic mass is 16.6. The van der Waals surface area contributed by atoms with Crippen LogP contribution < -0.4 is 0 Å². The minimum absolute atomic E-state index is 0.0232. The summed E-state index contributed by atoms with van der Waals surface area (Å²) in [5.41, 5.74) is 1.71. The predicted molar refractivity (Wildman–Crippen MR) is 141 cm³/mol. The van der Waals surface area contributed by atoms with Crippen molar-refractivity contribution in [1.29, 1.82) is 0 Å². The van der Waals surface area contributed by atoms with Crippen molar-refractivity contribution in [1.82, 2.24) is 9.80 Å². The van der Waals surface area contributed by atoms with Gasteiger partial charge in [-0.1, -0.05) is 88.4 Å². The van der Waals surface area contributed by atoms with Gasteiger partial charge < -0.3 is 9.47 Å². The molecule has 0 N–H and O–H groups in total. The van der Waals surface area contributed by atoms with E-state index in [0.29, 0.717) is 0 Å². The number of carbonyl (C=O) groups is 4. The van der Waals surface area contributed by atoms with Gasteiger partial charge in [0.25, 0.3) is 0 Å². The molecule has 2 aliphatic heterocycles. The topological polar surface area (TPSA) is 93.2 Å². The van der Waals surface area contributed by atoms with Gasteiger partial charge in [-0.3, -0.25) is 9.59 Å². The number of nitrogens with zero attached hydrogens (tertiary/aromatic N) is 2. The number of ether oxygens (including phenoxy) is 2. The molecule has 8 heteroatoms. The Morgan fingerprint density at radius 1 is 0.684 bits per heavy atom. The van der Waals surface area contributed by atoms with E-state index in [1.165, 1.54) is 9.80 Å². The molecule has 2 saturated heterocycles. The lowest BCUT2D eigenvalue weighted by molar-refractivity contribution is -0.145. The predicted octanol–water partition coefficient (Wildman–Crippen LogP) is 4.71. The lowest BCUT2D eigenvalue weighted by Crippen LogP contribution is -2.52.